The summed E-state index contributed by atoms with van der Waals surface area (Å²) in [7, 11) is 0. The van der Waals surface area contributed by atoms with Gasteiger partial charge in [0.15, 0.2) is 0 Å². The second kappa shape index (κ2) is 4.54. The van der Waals surface area contributed by atoms with Crippen molar-refractivity contribution in [1.82, 2.24) is 5.32 Å². The van der Waals surface area contributed by atoms with Gasteiger partial charge in [-0.2, -0.15) is 0 Å². The highest BCUT2D eigenvalue weighted by Crippen LogP contribution is 2.34. The SMILES string of the molecule is Cc1ccc(F)cc1N1CCNC2(CCCC2)C1. The number of anilines is 1. The highest BCUT2D eigenvalue weighted by Gasteiger charge is 2.37. The van der Waals surface area contributed by atoms with Crippen LogP contribution in [0.25, 0.3) is 0 Å². The molecule has 1 N–H and O–H groups in total. The molecule has 98 valence electrons. The summed E-state index contributed by atoms with van der Waals surface area (Å²) in [6, 6.07) is 5.11. The fourth-order valence-corrected chi connectivity index (χ4v) is 3.47. The Balaban J connectivity index is 1.85. The van der Waals surface area contributed by atoms with E-state index in [1.807, 2.05) is 6.07 Å². The molecular weight excluding hydrogens is 227 g/mol. The van der Waals surface area contributed by atoms with Crippen LogP contribution in [0.3, 0.4) is 0 Å². The van der Waals surface area contributed by atoms with Crippen LogP contribution in [-0.2, 0) is 0 Å². The van der Waals surface area contributed by atoms with Gasteiger partial charge in [-0.05, 0) is 37.5 Å². The number of aryl methyl sites for hydroxylation is 1. The first-order valence-corrected chi connectivity index (χ1v) is 6.95. The van der Waals surface area contributed by atoms with Crippen molar-refractivity contribution >= 4 is 5.69 Å². The highest BCUT2D eigenvalue weighted by molar-refractivity contribution is 5.54. The van der Waals surface area contributed by atoms with Crippen LogP contribution >= 0.6 is 0 Å². The van der Waals surface area contributed by atoms with Gasteiger partial charge in [0.2, 0.25) is 0 Å². The lowest BCUT2D eigenvalue weighted by atomic mass is 9.94. The maximum Gasteiger partial charge on any atom is 0.125 e. The van der Waals surface area contributed by atoms with E-state index in [1.165, 1.54) is 31.2 Å². The van der Waals surface area contributed by atoms with Gasteiger partial charge in [-0.25, -0.2) is 4.39 Å². The molecule has 1 heterocycles. The van der Waals surface area contributed by atoms with Crippen LogP contribution in [-0.4, -0.2) is 25.2 Å². The number of benzene rings is 1. The summed E-state index contributed by atoms with van der Waals surface area (Å²) in [6.45, 7) is 5.08. The molecule has 1 saturated heterocycles. The molecule has 2 fully saturated rings. The van der Waals surface area contributed by atoms with Gasteiger partial charge in [0.25, 0.3) is 0 Å². The zero-order valence-corrected chi connectivity index (χ0v) is 11.0. The van der Waals surface area contributed by atoms with Gasteiger partial charge >= 0.3 is 0 Å². The Morgan fingerprint density at radius 3 is 2.83 bits per heavy atom. The molecule has 0 atom stereocenters. The minimum Gasteiger partial charge on any atom is -0.368 e. The lowest BCUT2D eigenvalue weighted by molar-refractivity contribution is 0.303. The molecule has 0 bridgehead atoms. The third-order valence-corrected chi connectivity index (χ3v) is 4.45. The van der Waals surface area contributed by atoms with Gasteiger partial charge in [-0.3, -0.25) is 0 Å². The van der Waals surface area contributed by atoms with Crippen LogP contribution in [0, 0.1) is 12.7 Å². The Morgan fingerprint density at radius 1 is 1.28 bits per heavy atom. The Morgan fingerprint density at radius 2 is 2.06 bits per heavy atom. The minimum absolute atomic E-state index is 0.130. The average molecular weight is 248 g/mol. The number of hydrogen-bond donors (Lipinski definition) is 1. The van der Waals surface area contributed by atoms with Crippen molar-refractivity contribution in [3.8, 4) is 0 Å². The molecule has 0 aromatic heterocycles. The fraction of sp³-hybridized carbons (Fsp3) is 0.600. The molecule has 0 unspecified atom stereocenters. The van der Waals surface area contributed by atoms with Gasteiger partial charge < -0.3 is 10.2 Å². The molecular formula is C15H21FN2. The van der Waals surface area contributed by atoms with E-state index in [2.05, 4.69) is 17.1 Å². The smallest absolute Gasteiger partial charge is 0.125 e. The van der Waals surface area contributed by atoms with E-state index < -0.39 is 0 Å². The Hall–Kier alpha value is -1.09. The van der Waals surface area contributed by atoms with Crippen LogP contribution in [0.2, 0.25) is 0 Å². The third-order valence-electron chi connectivity index (χ3n) is 4.45. The summed E-state index contributed by atoms with van der Waals surface area (Å²) in [5.41, 5.74) is 2.53. The largest absolute Gasteiger partial charge is 0.368 e. The van der Waals surface area contributed by atoms with Crippen LogP contribution in [0.15, 0.2) is 18.2 Å². The van der Waals surface area contributed by atoms with Gasteiger partial charge in [0.05, 0.1) is 0 Å². The average Bonchev–Trinajstić information content (AvgIpc) is 2.80. The van der Waals surface area contributed by atoms with Crippen LogP contribution in [0.4, 0.5) is 10.1 Å². The van der Waals surface area contributed by atoms with Crippen molar-refractivity contribution in [3.05, 3.63) is 29.6 Å². The quantitative estimate of drug-likeness (QED) is 0.822. The summed E-state index contributed by atoms with van der Waals surface area (Å²) >= 11 is 0. The summed E-state index contributed by atoms with van der Waals surface area (Å²) in [4.78, 5) is 2.36. The molecule has 1 aromatic rings. The lowest BCUT2D eigenvalue weighted by Crippen LogP contribution is -2.59. The number of halogens is 1. The monoisotopic (exact) mass is 248 g/mol. The van der Waals surface area contributed by atoms with Crippen molar-refractivity contribution in [1.29, 1.82) is 0 Å². The first-order chi connectivity index (χ1) is 8.69. The van der Waals surface area contributed by atoms with E-state index in [-0.39, 0.29) is 11.4 Å². The summed E-state index contributed by atoms with van der Waals surface area (Å²) in [5.74, 6) is -0.130. The van der Waals surface area contributed by atoms with E-state index >= 15 is 0 Å². The molecule has 0 radical (unpaired) electrons. The van der Waals surface area contributed by atoms with Crippen molar-refractivity contribution in [2.75, 3.05) is 24.5 Å². The number of piperazine rings is 1. The van der Waals surface area contributed by atoms with Gasteiger partial charge in [-0.1, -0.05) is 18.9 Å². The Bertz CT molecular complexity index is 438. The normalized spacial score (nSPS) is 22.7. The molecule has 1 aromatic carbocycles. The van der Waals surface area contributed by atoms with Crippen molar-refractivity contribution < 1.29 is 4.39 Å². The molecule has 2 aliphatic rings. The van der Waals surface area contributed by atoms with Gasteiger partial charge in [0.1, 0.15) is 5.82 Å². The maximum atomic E-state index is 13.4. The molecule has 2 nitrogen and oxygen atoms in total. The molecule has 0 amide bonds. The second-order valence-corrected chi connectivity index (χ2v) is 5.77. The molecule has 1 aliphatic heterocycles. The van der Waals surface area contributed by atoms with Crippen molar-refractivity contribution in [2.24, 2.45) is 0 Å². The summed E-state index contributed by atoms with van der Waals surface area (Å²) < 4.78 is 13.4. The van der Waals surface area contributed by atoms with Crippen LogP contribution in [0.5, 0.6) is 0 Å². The van der Waals surface area contributed by atoms with Crippen molar-refractivity contribution in [2.45, 2.75) is 38.1 Å². The molecule has 1 saturated carbocycles. The topological polar surface area (TPSA) is 15.3 Å². The standard InChI is InChI=1S/C15H21FN2/c1-12-4-5-13(16)10-14(12)18-9-8-17-15(11-18)6-2-3-7-15/h4-5,10,17H,2-3,6-9,11H2,1H3. The lowest BCUT2D eigenvalue weighted by Gasteiger charge is -2.43. The Kier molecular flexibility index (Phi) is 3.02. The first-order valence-electron chi connectivity index (χ1n) is 6.95. The fourth-order valence-electron chi connectivity index (χ4n) is 3.47. The van der Waals surface area contributed by atoms with Crippen molar-refractivity contribution in [3.63, 3.8) is 0 Å². The minimum atomic E-state index is -0.130. The summed E-state index contributed by atoms with van der Waals surface area (Å²) in [5, 5.41) is 3.69. The van der Waals surface area contributed by atoms with Crippen LogP contribution < -0.4 is 10.2 Å². The predicted octanol–water partition coefficient (Wildman–Crippen LogP) is 2.86. The van der Waals surface area contributed by atoms with Crippen LogP contribution in [0.1, 0.15) is 31.2 Å². The van der Waals surface area contributed by atoms with E-state index in [0.29, 0.717) is 0 Å². The zero-order chi connectivity index (χ0) is 12.6. The van der Waals surface area contributed by atoms with Gasteiger partial charge in [0, 0.05) is 30.9 Å². The molecule has 1 aliphatic carbocycles. The molecule has 3 heteroatoms. The van der Waals surface area contributed by atoms with E-state index in [0.717, 1.165) is 25.3 Å². The van der Waals surface area contributed by atoms with E-state index in [4.69, 9.17) is 0 Å². The number of hydrogen-bond acceptors (Lipinski definition) is 2. The maximum absolute atomic E-state index is 13.4. The number of nitrogens with one attached hydrogen (secondary N) is 1. The molecule has 3 rings (SSSR count). The zero-order valence-electron chi connectivity index (χ0n) is 11.0. The number of nitrogens with zero attached hydrogens (tertiary/aromatic N) is 1. The first kappa shape index (κ1) is 12.0. The number of rotatable bonds is 1. The molecule has 1 spiro atoms. The summed E-state index contributed by atoms with van der Waals surface area (Å²) in [6.07, 6.45) is 5.17. The predicted molar refractivity (Wildman–Crippen MR) is 72.6 cm³/mol. The van der Waals surface area contributed by atoms with Gasteiger partial charge in [-0.15, -0.1) is 0 Å². The highest BCUT2D eigenvalue weighted by atomic mass is 19.1. The van der Waals surface area contributed by atoms with E-state index in [9.17, 15) is 4.39 Å². The molecule has 18 heavy (non-hydrogen) atoms. The Labute approximate surface area is 108 Å². The van der Waals surface area contributed by atoms with E-state index in [1.54, 1.807) is 12.1 Å². The third kappa shape index (κ3) is 2.12. The second-order valence-electron chi connectivity index (χ2n) is 5.77.